The van der Waals surface area contributed by atoms with Gasteiger partial charge in [-0.05, 0) is 31.0 Å². The summed E-state index contributed by atoms with van der Waals surface area (Å²) in [6.45, 7) is -0.785. The molecule has 0 unspecified atom stereocenters. The number of thioether (sulfide) groups is 1. The number of benzene rings is 1. The predicted molar refractivity (Wildman–Crippen MR) is 101 cm³/mol. The number of hydrogen-bond acceptors (Lipinski definition) is 5. The minimum absolute atomic E-state index is 0.260. The molecule has 10 heteroatoms. The van der Waals surface area contributed by atoms with Gasteiger partial charge in [-0.2, -0.15) is 8.78 Å². The van der Waals surface area contributed by atoms with Crippen LogP contribution in [-0.2, 0) is 5.75 Å². The van der Waals surface area contributed by atoms with Gasteiger partial charge in [0.05, 0.1) is 11.4 Å². The number of halogens is 3. The zero-order chi connectivity index (χ0) is 18.8. The van der Waals surface area contributed by atoms with Gasteiger partial charge in [-0.3, -0.25) is 9.13 Å². The van der Waals surface area contributed by atoms with E-state index in [1.165, 1.54) is 24.2 Å². The van der Waals surface area contributed by atoms with Crippen LogP contribution in [-0.4, -0.2) is 37.4 Å². The molecular weight excluding hydrogens is 394 g/mol. The number of hydrogen-bond donors (Lipinski definition) is 0. The lowest BCUT2D eigenvalue weighted by atomic mass is 10.3. The Morgan fingerprint density at radius 3 is 2.74 bits per heavy atom. The summed E-state index contributed by atoms with van der Waals surface area (Å²) in [7, 11) is 0. The molecule has 27 heavy (non-hydrogen) atoms. The highest BCUT2D eigenvalue weighted by molar-refractivity contribution is 7.98. The average molecular weight is 411 g/mol. The molecule has 3 aromatic rings. The first-order valence-electron chi connectivity index (χ1n) is 8.52. The number of anilines is 1. The molecule has 0 radical (unpaired) electrons. The van der Waals surface area contributed by atoms with Crippen molar-refractivity contribution in [2.24, 2.45) is 0 Å². The van der Waals surface area contributed by atoms with Gasteiger partial charge in [-0.15, -0.1) is 10.2 Å². The number of alkyl halides is 2. The topological polar surface area (TPSA) is 51.8 Å². The van der Waals surface area contributed by atoms with Gasteiger partial charge in [0.25, 0.3) is 0 Å². The van der Waals surface area contributed by atoms with E-state index in [0.29, 0.717) is 16.0 Å². The van der Waals surface area contributed by atoms with Crippen molar-refractivity contribution in [2.45, 2.75) is 30.3 Å². The second-order valence-corrected chi connectivity index (χ2v) is 7.49. The normalized spacial score (nSPS) is 14.4. The lowest BCUT2D eigenvalue weighted by molar-refractivity contribution is 0.0678. The van der Waals surface area contributed by atoms with Crippen LogP contribution in [0.2, 0.25) is 5.02 Å². The van der Waals surface area contributed by atoms with E-state index in [1.807, 2.05) is 22.8 Å². The van der Waals surface area contributed by atoms with Crippen LogP contribution in [0.3, 0.4) is 0 Å². The van der Waals surface area contributed by atoms with E-state index < -0.39 is 6.55 Å². The molecule has 2 aromatic heterocycles. The number of rotatable bonds is 6. The molecule has 1 aliphatic rings. The first-order chi connectivity index (χ1) is 13.1. The Bertz CT molecular complexity index is 922. The Hall–Kier alpha value is -2.13. The van der Waals surface area contributed by atoms with Crippen molar-refractivity contribution >= 4 is 29.3 Å². The molecule has 1 saturated heterocycles. The Labute approximate surface area is 164 Å². The minimum atomic E-state index is -2.62. The van der Waals surface area contributed by atoms with Gasteiger partial charge in [-0.1, -0.05) is 29.4 Å². The largest absolute Gasteiger partial charge is 0.341 e. The molecular formula is C17H17ClF2N6S. The summed E-state index contributed by atoms with van der Waals surface area (Å²) in [5.74, 6) is 1.29. The van der Waals surface area contributed by atoms with Crippen LogP contribution in [0.1, 0.15) is 25.2 Å². The SMILES string of the molecule is FC(F)n1ccnc1CSc1nnc(N2CCCC2)n1-c1cccc(Cl)c1. The third kappa shape index (κ3) is 3.79. The second-order valence-electron chi connectivity index (χ2n) is 6.11. The fourth-order valence-electron chi connectivity index (χ4n) is 3.08. The molecule has 3 heterocycles. The standard InChI is InChI=1S/C17H17ClF2N6S/c18-12-4-3-5-13(10-12)26-16(24-7-1-2-8-24)22-23-17(26)27-11-14-21-6-9-25(14)15(19)20/h3-6,9-10,15H,1-2,7-8,11H2. The summed E-state index contributed by atoms with van der Waals surface area (Å²) in [4.78, 5) is 6.21. The van der Waals surface area contributed by atoms with Crippen LogP contribution >= 0.6 is 23.4 Å². The van der Waals surface area contributed by atoms with Gasteiger partial charge in [-0.25, -0.2) is 4.98 Å². The molecule has 1 aromatic carbocycles. The highest BCUT2D eigenvalue weighted by atomic mass is 35.5. The highest BCUT2D eigenvalue weighted by Gasteiger charge is 2.23. The van der Waals surface area contributed by atoms with Crippen molar-refractivity contribution in [3.63, 3.8) is 0 Å². The van der Waals surface area contributed by atoms with Gasteiger partial charge >= 0.3 is 6.55 Å². The molecule has 142 valence electrons. The van der Waals surface area contributed by atoms with Crippen molar-refractivity contribution in [1.29, 1.82) is 0 Å². The fourth-order valence-corrected chi connectivity index (χ4v) is 4.16. The Morgan fingerprint density at radius 2 is 2.00 bits per heavy atom. The van der Waals surface area contributed by atoms with Crippen LogP contribution in [0.25, 0.3) is 5.69 Å². The van der Waals surface area contributed by atoms with E-state index in [0.717, 1.165) is 42.1 Å². The Kier molecular flexibility index (Phi) is 5.31. The maximum Gasteiger partial charge on any atom is 0.319 e. The fraction of sp³-hybridized carbons (Fsp3) is 0.353. The smallest absolute Gasteiger partial charge is 0.319 e. The van der Waals surface area contributed by atoms with Gasteiger partial charge in [0.15, 0.2) is 5.16 Å². The first-order valence-corrected chi connectivity index (χ1v) is 9.89. The average Bonchev–Trinajstić information content (AvgIpc) is 3.38. The van der Waals surface area contributed by atoms with E-state index in [2.05, 4.69) is 20.1 Å². The summed E-state index contributed by atoms with van der Waals surface area (Å²) >= 11 is 7.49. The quantitative estimate of drug-likeness (QED) is 0.563. The van der Waals surface area contributed by atoms with Gasteiger partial charge in [0, 0.05) is 30.5 Å². The van der Waals surface area contributed by atoms with Gasteiger partial charge in [0.1, 0.15) is 5.82 Å². The monoisotopic (exact) mass is 410 g/mol. The van der Waals surface area contributed by atoms with Gasteiger partial charge in [0.2, 0.25) is 5.95 Å². The van der Waals surface area contributed by atoms with Gasteiger partial charge < -0.3 is 4.90 Å². The van der Waals surface area contributed by atoms with Crippen LogP contribution in [0, 0.1) is 0 Å². The van der Waals surface area contributed by atoms with E-state index in [4.69, 9.17) is 11.6 Å². The Morgan fingerprint density at radius 1 is 1.19 bits per heavy atom. The van der Waals surface area contributed by atoms with Crippen molar-refractivity contribution in [2.75, 3.05) is 18.0 Å². The molecule has 0 N–H and O–H groups in total. The summed E-state index contributed by atoms with van der Waals surface area (Å²) < 4.78 is 28.9. The van der Waals surface area contributed by atoms with Crippen LogP contribution in [0.5, 0.6) is 0 Å². The second kappa shape index (κ2) is 7.85. The van der Waals surface area contributed by atoms with E-state index in [-0.39, 0.29) is 5.75 Å². The molecule has 0 saturated carbocycles. The van der Waals surface area contributed by atoms with Crippen molar-refractivity contribution < 1.29 is 8.78 Å². The molecule has 0 spiro atoms. The number of nitrogens with zero attached hydrogens (tertiary/aromatic N) is 6. The predicted octanol–water partition coefficient (Wildman–Crippen LogP) is 4.40. The maximum absolute atomic E-state index is 13.0. The lowest BCUT2D eigenvalue weighted by Crippen LogP contribution is -2.22. The van der Waals surface area contributed by atoms with Crippen molar-refractivity contribution in [3.8, 4) is 5.69 Å². The highest BCUT2D eigenvalue weighted by Crippen LogP contribution is 2.31. The first kappa shape index (κ1) is 18.2. The number of aromatic nitrogens is 5. The van der Waals surface area contributed by atoms with E-state index in [9.17, 15) is 8.78 Å². The van der Waals surface area contributed by atoms with Crippen LogP contribution in [0.15, 0.2) is 41.8 Å². The maximum atomic E-state index is 13.0. The minimum Gasteiger partial charge on any atom is -0.341 e. The van der Waals surface area contributed by atoms with Crippen LogP contribution < -0.4 is 4.90 Å². The summed E-state index contributed by atoms with van der Waals surface area (Å²) in [6.07, 6.45) is 4.87. The van der Waals surface area contributed by atoms with Crippen molar-refractivity contribution in [3.05, 3.63) is 47.5 Å². The molecule has 1 fully saturated rings. The number of imidazole rings is 1. The summed E-state index contributed by atoms with van der Waals surface area (Å²) in [5, 5.41) is 9.89. The third-order valence-corrected chi connectivity index (χ3v) is 5.52. The van der Waals surface area contributed by atoms with Crippen LogP contribution in [0.4, 0.5) is 14.7 Å². The van der Waals surface area contributed by atoms with Crippen molar-refractivity contribution in [1.82, 2.24) is 24.3 Å². The zero-order valence-electron chi connectivity index (χ0n) is 14.3. The molecule has 6 nitrogen and oxygen atoms in total. The summed E-state index contributed by atoms with van der Waals surface area (Å²) in [5.41, 5.74) is 0.842. The molecule has 0 amide bonds. The third-order valence-electron chi connectivity index (χ3n) is 4.36. The zero-order valence-corrected chi connectivity index (χ0v) is 15.9. The molecule has 1 aliphatic heterocycles. The molecule has 0 atom stereocenters. The summed E-state index contributed by atoms with van der Waals surface area (Å²) in [6, 6.07) is 7.44. The van der Waals surface area contributed by atoms with E-state index in [1.54, 1.807) is 6.07 Å². The Balaban J connectivity index is 1.67. The van der Waals surface area contributed by atoms with E-state index >= 15 is 0 Å². The molecule has 0 aliphatic carbocycles. The molecule has 0 bridgehead atoms. The lowest BCUT2D eigenvalue weighted by Gasteiger charge is -2.18. The molecule has 4 rings (SSSR count).